The molecule has 0 aliphatic carbocycles. The van der Waals surface area contributed by atoms with E-state index in [1.54, 1.807) is 11.3 Å². The molecule has 1 atom stereocenters. The number of benzene rings is 1. The quantitative estimate of drug-likeness (QED) is 0.709. The monoisotopic (exact) mass is 339 g/mol. The number of hydrogen-bond acceptors (Lipinski definition) is 5. The maximum absolute atomic E-state index is 4.87. The van der Waals surface area contributed by atoms with Crippen molar-refractivity contribution in [2.75, 3.05) is 11.4 Å². The highest BCUT2D eigenvalue weighted by molar-refractivity contribution is 7.22. The van der Waals surface area contributed by atoms with Gasteiger partial charge in [-0.05, 0) is 37.8 Å². The number of aryl methyl sites for hydroxylation is 1. The third-order valence-corrected chi connectivity index (χ3v) is 6.29. The molecule has 0 spiro atoms. The number of nitrogens with zero attached hydrogens (tertiary/aromatic N) is 5. The molecule has 124 valence electrons. The molecule has 0 amide bonds. The molecule has 1 fully saturated rings. The van der Waals surface area contributed by atoms with Gasteiger partial charge in [-0.25, -0.2) is 4.98 Å². The highest BCUT2D eigenvalue weighted by Crippen LogP contribution is 2.39. The number of fused-ring (bicyclic) bond motifs is 2. The highest BCUT2D eigenvalue weighted by atomic mass is 32.1. The van der Waals surface area contributed by atoms with Crippen LogP contribution in [0.2, 0.25) is 0 Å². The summed E-state index contributed by atoms with van der Waals surface area (Å²) in [7, 11) is 0. The highest BCUT2D eigenvalue weighted by Gasteiger charge is 2.33. The minimum Gasteiger partial charge on any atom is -0.338 e. The van der Waals surface area contributed by atoms with Gasteiger partial charge in [-0.1, -0.05) is 29.9 Å². The summed E-state index contributed by atoms with van der Waals surface area (Å²) >= 11 is 1.79. The Balaban J connectivity index is 1.52. The van der Waals surface area contributed by atoms with E-state index in [0.717, 1.165) is 42.4 Å². The molecule has 0 bridgehead atoms. The van der Waals surface area contributed by atoms with Crippen molar-refractivity contribution in [1.82, 2.24) is 19.7 Å². The second-order valence-electron chi connectivity index (χ2n) is 6.75. The molecule has 0 radical (unpaired) electrons. The van der Waals surface area contributed by atoms with Gasteiger partial charge in [-0.3, -0.25) is 0 Å². The van der Waals surface area contributed by atoms with E-state index in [1.807, 2.05) is 0 Å². The molecule has 3 aromatic rings. The number of rotatable bonds is 2. The fourth-order valence-electron chi connectivity index (χ4n) is 4.00. The molecule has 2 aliphatic rings. The summed E-state index contributed by atoms with van der Waals surface area (Å²) in [5, 5.41) is 10.2. The first-order valence-electron chi connectivity index (χ1n) is 8.94. The van der Waals surface area contributed by atoms with Crippen LogP contribution < -0.4 is 4.90 Å². The van der Waals surface area contributed by atoms with Crippen LogP contribution in [-0.2, 0) is 13.0 Å². The first-order valence-corrected chi connectivity index (χ1v) is 9.76. The average molecular weight is 339 g/mol. The fourth-order valence-corrected chi connectivity index (χ4v) is 5.04. The summed E-state index contributed by atoms with van der Waals surface area (Å²) in [6.45, 7) is 2.13. The molecule has 1 unspecified atom stereocenters. The number of anilines is 1. The summed E-state index contributed by atoms with van der Waals surface area (Å²) in [6, 6.07) is 8.73. The smallest absolute Gasteiger partial charge is 0.187 e. The van der Waals surface area contributed by atoms with Gasteiger partial charge < -0.3 is 9.47 Å². The van der Waals surface area contributed by atoms with E-state index in [1.165, 1.54) is 36.2 Å². The second-order valence-corrected chi connectivity index (χ2v) is 7.76. The summed E-state index contributed by atoms with van der Waals surface area (Å²) < 4.78 is 3.65. The van der Waals surface area contributed by atoms with Crippen LogP contribution in [0.25, 0.3) is 10.2 Å². The summed E-state index contributed by atoms with van der Waals surface area (Å²) in [5.74, 6) is 2.34. The van der Waals surface area contributed by atoms with Gasteiger partial charge in [0.1, 0.15) is 5.82 Å². The third kappa shape index (κ3) is 2.32. The SMILES string of the molecule is c1ccc2sc(N3CCCC3c3nnc4n3CCCCC4)nc2c1. The van der Waals surface area contributed by atoms with Crippen molar-refractivity contribution in [1.29, 1.82) is 0 Å². The lowest BCUT2D eigenvalue weighted by atomic mass is 10.2. The Morgan fingerprint density at radius 1 is 1.00 bits per heavy atom. The normalized spacial score (nSPS) is 21.2. The molecule has 4 heterocycles. The third-order valence-electron chi connectivity index (χ3n) is 5.22. The predicted octanol–water partition coefficient (Wildman–Crippen LogP) is 3.96. The maximum Gasteiger partial charge on any atom is 0.187 e. The Labute approximate surface area is 145 Å². The van der Waals surface area contributed by atoms with Crippen molar-refractivity contribution in [3.63, 3.8) is 0 Å². The molecule has 2 aliphatic heterocycles. The molecule has 1 saturated heterocycles. The van der Waals surface area contributed by atoms with Gasteiger partial charge in [-0.15, -0.1) is 10.2 Å². The van der Waals surface area contributed by atoms with Gasteiger partial charge in [0.05, 0.1) is 16.3 Å². The molecule has 5 rings (SSSR count). The van der Waals surface area contributed by atoms with Gasteiger partial charge in [0.15, 0.2) is 11.0 Å². The maximum atomic E-state index is 4.87. The van der Waals surface area contributed by atoms with E-state index in [-0.39, 0.29) is 0 Å². The van der Waals surface area contributed by atoms with Crippen LogP contribution >= 0.6 is 11.3 Å². The largest absolute Gasteiger partial charge is 0.338 e. The van der Waals surface area contributed by atoms with Gasteiger partial charge in [0.25, 0.3) is 0 Å². The minimum absolute atomic E-state index is 0.324. The Morgan fingerprint density at radius 3 is 2.92 bits per heavy atom. The molecule has 0 N–H and O–H groups in total. The molecule has 2 aromatic heterocycles. The molecular weight excluding hydrogens is 318 g/mol. The van der Waals surface area contributed by atoms with Crippen molar-refractivity contribution in [2.45, 2.75) is 51.1 Å². The van der Waals surface area contributed by atoms with Crippen molar-refractivity contribution in [2.24, 2.45) is 0 Å². The zero-order chi connectivity index (χ0) is 15.9. The summed E-state index contributed by atoms with van der Waals surface area (Å²) in [4.78, 5) is 7.32. The Bertz CT molecular complexity index is 834. The van der Waals surface area contributed by atoms with Crippen molar-refractivity contribution in [3.05, 3.63) is 35.9 Å². The molecule has 0 saturated carbocycles. The van der Waals surface area contributed by atoms with Crippen LogP contribution in [0.5, 0.6) is 0 Å². The topological polar surface area (TPSA) is 46.8 Å². The van der Waals surface area contributed by atoms with Crippen LogP contribution in [0.1, 0.15) is 49.8 Å². The van der Waals surface area contributed by atoms with E-state index < -0.39 is 0 Å². The number of para-hydroxylation sites is 1. The Hall–Kier alpha value is -1.95. The Morgan fingerprint density at radius 2 is 1.96 bits per heavy atom. The van der Waals surface area contributed by atoms with Gasteiger partial charge >= 0.3 is 0 Å². The molecule has 24 heavy (non-hydrogen) atoms. The fraction of sp³-hybridized carbons (Fsp3) is 0.500. The van der Waals surface area contributed by atoms with Crippen molar-refractivity contribution in [3.8, 4) is 0 Å². The zero-order valence-corrected chi connectivity index (χ0v) is 14.5. The van der Waals surface area contributed by atoms with E-state index in [4.69, 9.17) is 4.98 Å². The lowest BCUT2D eigenvalue weighted by Gasteiger charge is -2.23. The summed E-state index contributed by atoms with van der Waals surface area (Å²) in [5.41, 5.74) is 1.10. The Kier molecular flexibility index (Phi) is 3.51. The first kappa shape index (κ1) is 14.4. The van der Waals surface area contributed by atoms with E-state index in [2.05, 4.69) is 43.9 Å². The van der Waals surface area contributed by atoms with Crippen molar-refractivity contribution >= 4 is 26.7 Å². The van der Waals surface area contributed by atoms with Crippen LogP contribution in [0.3, 0.4) is 0 Å². The zero-order valence-electron chi connectivity index (χ0n) is 13.7. The molecule has 1 aromatic carbocycles. The van der Waals surface area contributed by atoms with Crippen molar-refractivity contribution < 1.29 is 0 Å². The van der Waals surface area contributed by atoms with Crippen LogP contribution in [-0.4, -0.2) is 26.3 Å². The van der Waals surface area contributed by atoms with E-state index in [0.29, 0.717) is 6.04 Å². The van der Waals surface area contributed by atoms with Gasteiger partial charge in [0.2, 0.25) is 0 Å². The predicted molar refractivity (Wildman–Crippen MR) is 96.5 cm³/mol. The molecular formula is C18H21N5S. The average Bonchev–Trinajstić information content (AvgIpc) is 3.28. The number of aromatic nitrogens is 4. The number of thiazole rings is 1. The number of hydrogen-bond donors (Lipinski definition) is 0. The minimum atomic E-state index is 0.324. The van der Waals surface area contributed by atoms with Crippen LogP contribution in [0.4, 0.5) is 5.13 Å². The van der Waals surface area contributed by atoms with Crippen LogP contribution in [0.15, 0.2) is 24.3 Å². The molecule has 5 nitrogen and oxygen atoms in total. The lowest BCUT2D eigenvalue weighted by Crippen LogP contribution is -2.25. The standard InChI is InChI=1S/C18H21N5S/c1-2-10-16-20-21-17(23(16)11-5-1)14-8-6-12-22(14)18-19-13-7-3-4-9-15(13)24-18/h3-4,7,9,14H,1-2,5-6,8,10-12H2. The first-order chi connectivity index (χ1) is 11.9. The van der Waals surface area contributed by atoms with E-state index >= 15 is 0 Å². The lowest BCUT2D eigenvalue weighted by molar-refractivity contribution is 0.559. The van der Waals surface area contributed by atoms with Gasteiger partial charge in [0, 0.05) is 19.5 Å². The van der Waals surface area contributed by atoms with Gasteiger partial charge in [-0.2, -0.15) is 0 Å². The second kappa shape index (κ2) is 5.84. The molecule has 6 heteroatoms. The van der Waals surface area contributed by atoms with E-state index in [9.17, 15) is 0 Å². The van der Waals surface area contributed by atoms with Crippen LogP contribution in [0, 0.1) is 0 Å². The summed E-state index contributed by atoms with van der Waals surface area (Å²) in [6.07, 6.45) is 7.20.